The molecule has 1 N–H and O–H groups in total. The van der Waals surface area contributed by atoms with E-state index in [1.807, 2.05) is 76.5 Å². The van der Waals surface area contributed by atoms with Crippen molar-refractivity contribution in [2.24, 2.45) is 4.99 Å². The Morgan fingerprint density at radius 3 is 2.10 bits per heavy atom. The Hall–Kier alpha value is -2.81. The molecule has 2 aliphatic rings. The molecule has 0 bridgehead atoms. The van der Waals surface area contributed by atoms with Crippen LogP contribution < -0.4 is 4.74 Å². The van der Waals surface area contributed by atoms with Gasteiger partial charge in [-0.2, -0.15) is 0 Å². The molecule has 3 aromatic carbocycles. The van der Waals surface area contributed by atoms with Gasteiger partial charge in [-0.15, -0.1) is 12.4 Å². The molecule has 2 unspecified atom stereocenters. The summed E-state index contributed by atoms with van der Waals surface area (Å²) in [5, 5.41) is 10.7. The molecule has 1 fully saturated rings. The van der Waals surface area contributed by atoms with Crippen molar-refractivity contribution in [3.8, 4) is 5.75 Å². The molecule has 1 saturated heterocycles. The van der Waals surface area contributed by atoms with Crippen molar-refractivity contribution >= 4 is 47.5 Å². The van der Waals surface area contributed by atoms with Crippen molar-refractivity contribution in [2.45, 2.75) is 31.8 Å². The van der Waals surface area contributed by atoms with Crippen molar-refractivity contribution in [3.05, 3.63) is 99.0 Å². The normalized spacial score (nSPS) is 19.1. The van der Waals surface area contributed by atoms with E-state index in [0.29, 0.717) is 48.6 Å². The van der Waals surface area contributed by atoms with E-state index in [0.717, 1.165) is 28.0 Å². The number of piperazine rings is 1. The van der Waals surface area contributed by atoms with Crippen molar-refractivity contribution in [1.29, 1.82) is 0 Å². The summed E-state index contributed by atoms with van der Waals surface area (Å²) in [6, 6.07) is 20.5. The number of amides is 2. The molecule has 2 aliphatic heterocycles. The van der Waals surface area contributed by atoms with Crippen molar-refractivity contribution < 1.29 is 14.6 Å². The highest BCUT2D eigenvalue weighted by Crippen LogP contribution is 2.45. The molecule has 42 heavy (non-hydrogen) atoms. The van der Waals surface area contributed by atoms with Gasteiger partial charge in [0.1, 0.15) is 17.6 Å². The van der Waals surface area contributed by atoms with Crippen LogP contribution in [0.5, 0.6) is 5.75 Å². The number of nitrogens with zero attached hydrogens (tertiary/aromatic N) is 4. The number of amidine groups is 1. The zero-order chi connectivity index (χ0) is 29.1. The molecule has 0 radical (unpaired) electrons. The van der Waals surface area contributed by atoms with Crippen LogP contribution >= 0.6 is 35.6 Å². The quantitative estimate of drug-likeness (QED) is 0.311. The van der Waals surface area contributed by atoms with E-state index >= 15 is 0 Å². The molecule has 224 valence electrons. The van der Waals surface area contributed by atoms with Crippen LogP contribution in [0.1, 0.15) is 54.1 Å². The molecule has 7 nitrogen and oxygen atoms in total. The summed E-state index contributed by atoms with van der Waals surface area (Å²) in [7, 11) is 1.66. The maximum atomic E-state index is 14.6. The summed E-state index contributed by atoms with van der Waals surface area (Å²) < 4.78 is 5.55. The first-order valence-corrected chi connectivity index (χ1v) is 14.7. The molecule has 2 amide bonds. The van der Waals surface area contributed by atoms with Crippen LogP contribution in [0.15, 0.2) is 71.7 Å². The maximum absolute atomic E-state index is 14.6. The second-order valence-electron chi connectivity index (χ2n) is 10.8. The van der Waals surface area contributed by atoms with Crippen LogP contribution in [0.25, 0.3) is 0 Å². The highest BCUT2D eigenvalue weighted by Gasteiger charge is 2.44. The molecule has 10 heteroatoms. The molecular formula is C32H37Cl3N4O3. The van der Waals surface area contributed by atoms with E-state index in [1.54, 1.807) is 7.11 Å². The van der Waals surface area contributed by atoms with Gasteiger partial charge in [-0.1, -0.05) is 61.3 Å². The summed E-state index contributed by atoms with van der Waals surface area (Å²) in [5.74, 6) is 1.57. The average Bonchev–Trinajstić information content (AvgIpc) is 3.38. The number of halogens is 3. The van der Waals surface area contributed by atoms with Gasteiger partial charge in [-0.25, -0.2) is 4.79 Å². The van der Waals surface area contributed by atoms with Gasteiger partial charge in [0, 0.05) is 48.3 Å². The Kier molecular flexibility index (Phi) is 10.8. The van der Waals surface area contributed by atoms with Gasteiger partial charge in [0.25, 0.3) is 0 Å². The molecule has 5 rings (SSSR count). The second kappa shape index (κ2) is 14.1. The predicted octanol–water partition coefficient (Wildman–Crippen LogP) is 6.82. The third-order valence-electron chi connectivity index (χ3n) is 7.88. The van der Waals surface area contributed by atoms with Crippen molar-refractivity contribution in [3.63, 3.8) is 0 Å². The standard InChI is InChI=1S/C32H36Cl2N4O3.ClH/c1-21(2)28-20-26(41-3)12-13-27(28)31-35-29(22-4-8-24(33)9-5-22)30(23-6-10-25(34)11-7-23)38(31)32(40)37-16-14-36(15-17-37)18-19-39;/h4-13,20-21,29-30,39H,14-19H2,1-3H3;1H. The Bertz CT molecular complexity index is 1390. The Balaban J connectivity index is 0.00000405. The lowest BCUT2D eigenvalue weighted by molar-refractivity contribution is 0.108. The number of hydrogen-bond acceptors (Lipinski definition) is 5. The fourth-order valence-corrected chi connectivity index (χ4v) is 5.91. The third kappa shape index (κ3) is 6.71. The van der Waals surface area contributed by atoms with Gasteiger partial charge in [0.15, 0.2) is 0 Å². The van der Waals surface area contributed by atoms with E-state index in [2.05, 4.69) is 18.7 Å². The largest absolute Gasteiger partial charge is 0.497 e. The van der Waals surface area contributed by atoms with Gasteiger partial charge in [0.2, 0.25) is 0 Å². The first-order chi connectivity index (χ1) is 19.8. The van der Waals surface area contributed by atoms with E-state index in [1.165, 1.54) is 0 Å². The number of aliphatic imine (C=N–C) groups is 1. The van der Waals surface area contributed by atoms with E-state index in [-0.39, 0.29) is 37.0 Å². The fourth-order valence-electron chi connectivity index (χ4n) is 5.66. The number of urea groups is 1. The maximum Gasteiger partial charge on any atom is 0.326 e. The van der Waals surface area contributed by atoms with Crippen molar-refractivity contribution in [2.75, 3.05) is 46.4 Å². The highest BCUT2D eigenvalue weighted by molar-refractivity contribution is 6.30. The summed E-state index contributed by atoms with van der Waals surface area (Å²) in [5.41, 5.74) is 3.87. The average molecular weight is 632 g/mol. The lowest BCUT2D eigenvalue weighted by Crippen LogP contribution is -2.54. The molecule has 2 heterocycles. The molecule has 3 aromatic rings. The van der Waals surface area contributed by atoms with Crippen LogP contribution in [0.3, 0.4) is 0 Å². The number of β-amino-alcohol motifs (C(OH)–C–C–N with tert-alkyl or cyclic N) is 1. The van der Waals surface area contributed by atoms with Gasteiger partial charge in [-0.3, -0.25) is 14.8 Å². The van der Waals surface area contributed by atoms with E-state index in [4.69, 9.17) is 32.9 Å². The zero-order valence-corrected chi connectivity index (χ0v) is 26.4. The van der Waals surface area contributed by atoms with Crippen LogP contribution in [-0.2, 0) is 0 Å². The van der Waals surface area contributed by atoms with Gasteiger partial charge < -0.3 is 14.7 Å². The summed E-state index contributed by atoms with van der Waals surface area (Å²) in [4.78, 5) is 25.8. The highest BCUT2D eigenvalue weighted by atomic mass is 35.5. The first kappa shape index (κ1) is 32.1. The molecule has 2 atom stereocenters. The number of hydrogen-bond donors (Lipinski definition) is 1. The number of methoxy groups -OCH3 is 1. The van der Waals surface area contributed by atoms with Gasteiger partial charge in [0.05, 0.1) is 19.8 Å². The smallest absolute Gasteiger partial charge is 0.326 e. The van der Waals surface area contributed by atoms with Crippen molar-refractivity contribution in [1.82, 2.24) is 14.7 Å². The monoisotopic (exact) mass is 630 g/mol. The number of carbonyl (C=O) groups excluding carboxylic acids is 1. The summed E-state index contributed by atoms with van der Waals surface area (Å²) in [6.07, 6.45) is 0. The third-order valence-corrected chi connectivity index (χ3v) is 8.38. The SMILES string of the molecule is COc1ccc(C2=NC(c3ccc(Cl)cc3)C(c3ccc(Cl)cc3)N2C(=O)N2CCN(CCO)CC2)c(C(C)C)c1.Cl. The number of rotatable bonds is 7. The van der Waals surface area contributed by atoms with Gasteiger partial charge >= 0.3 is 6.03 Å². The molecule has 0 aliphatic carbocycles. The number of carbonyl (C=O) groups is 1. The van der Waals surface area contributed by atoms with E-state index in [9.17, 15) is 9.90 Å². The minimum absolute atomic E-state index is 0. The number of ether oxygens (including phenoxy) is 1. The first-order valence-electron chi connectivity index (χ1n) is 14.0. The zero-order valence-electron chi connectivity index (χ0n) is 24.0. The van der Waals surface area contributed by atoms with Crippen LogP contribution in [0.4, 0.5) is 4.79 Å². The fraction of sp³-hybridized carbons (Fsp3) is 0.375. The molecule has 0 spiro atoms. The molecular weight excluding hydrogens is 595 g/mol. The second-order valence-corrected chi connectivity index (χ2v) is 11.6. The van der Waals surface area contributed by atoms with Crippen LogP contribution in [-0.4, -0.2) is 78.1 Å². The lowest BCUT2D eigenvalue weighted by atomic mass is 9.93. The predicted molar refractivity (Wildman–Crippen MR) is 172 cm³/mol. The molecule has 0 aromatic heterocycles. The Morgan fingerprint density at radius 2 is 1.55 bits per heavy atom. The van der Waals surface area contributed by atoms with Gasteiger partial charge in [-0.05, 0) is 65.1 Å². The number of benzene rings is 3. The van der Waals surface area contributed by atoms with Crippen LogP contribution in [0, 0.1) is 0 Å². The lowest BCUT2D eigenvalue weighted by Gasteiger charge is -2.39. The summed E-state index contributed by atoms with van der Waals surface area (Å²) in [6.45, 7) is 7.53. The van der Waals surface area contributed by atoms with Crippen LogP contribution in [0.2, 0.25) is 10.0 Å². The number of aliphatic hydroxyl groups excluding tert-OH is 1. The summed E-state index contributed by atoms with van der Waals surface area (Å²) >= 11 is 12.6. The van der Waals surface area contributed by atoms with E-state index < -0.39 is 6.04 Å². The minimum atomic E-state index is -0.395. The topological polar surface area (TPSA) is 68.6 Å². The molecule has 0 saturated carbocycles. The Morgan fingerprint density at radius 1 is 0.952 bits per heavy atom. The minimum Gasteiger partial charge on any atom is -0.497 e. The Labute approximate surface area is 264 Å². The number of aliphatic hydroxyl groups is 1.